The van der Waals surface area contributed by atoms with Crippen molar-refractivity contribution in [2.45, 2.75) is 19.3 Å². The van der Waals surface area contributed by atoms with Crippen molar-refractivity contribution in [2.24, 2.45) is 0 Å². The third-order valence-corrected chi connectivity index (χ3v) is 2.42. The van der Waals surface area contributed by atoms with Gasteiger partial charge in [0.15, 0.2) is 11.0 Å². The molecule has 0 spiro atoms. The first-order valence-corrected chi connectivity index (χ1v) is 4.95. The standard InChI is InChI=1S/C9H10ClN3O/c10-7-4-5-8(12-11-7)13-6-2-1-3-9(13)14/h4-5H,1-3,6H2. The molecule has 0 unspecified atom stereocenters. The molecule has 2 rings (SSSR count). The number of anilines is 1. The van der Waals surface area contributed by atoms with Crippen molar-refractivity contribution in [1.82, 2.24) is 10.2 Å². The Bertz CT molecular complexity index is 338. The zero-order valence-corrected chi connectivity index (χ0v) is 8.37. The van der Waals surface area contributed by atoms with Crippen LogP contribution in [-0.2, 0) is 4.79 Å². The molecule has 14 heavy (non-hydrogen) atoms. The Morgan fingerprint density at radius 2 is 2.14 bits per heavy atom. The van der Waals surface area contributed by atoms with E-state index in [0.717, 1.165) is 19.4 Å². The van der Waals surface area contributed by atoms with Crippen LogP contribution in [0.1, 0.15) is 19.3 Å². The van der Waals surface area contributed by atoms with E-state index in [4.69, 9.17) is 11.6 Å². The maximum Gasteiger partial charge on any atom is 0.228 e. The van der Waals surface area contributed by atoms with Crippen LogP contribution in [0.3, 0.4) is 0 Å². The van der Waals surface area contributed by atoms with Gasteiger partial charge in [-0.2, -0.15) is 0 Å². The fraction of sp³-hybridized carbons (Fsp3) is 0.444. The van der Waals surface area contributed by atoms with Gasteiger partial charge in [0.2, 0.25) is 5.91 Å². The SMILES string of the molecule is O=C1CCCCN1c1ccc(Cl)nn1. The Kier molecular flexibility index (Phi) is 2.63. The van der Waals surface area contributed by atoms with E-state index in [2.05, 4.69) is 10.2 Å². The molecule has 0 atom stereocenters. The van der Waals surface area contributed by atoms with Crippen molar-refractivity contribution in [3.05, 3.63) is 17.3 Å². The molecule has 1 aliphatic heterocycles. The predicted molar refractivity (Wildman–Crippen MR) is 53.2 cm³/mol. The Balaban J connectivity index is 2.20. The monoisotopic (exact) mass is 211 g/mol. The molecule has 2 heterocycles. The summed E-state index contributed by atoms with van der Waals surface area (Å²) in [6.45, 7) is 0.731. The molecule has 0 N–H and O–H groups in total. The van der Waals surface area contributed by atoms with Crippen LogP contribution >= 0.6 is 11.6 Å². The molecule has 0 aromatic carbocycles. The first kappa shape index (κ1) is 9.40. The largest absolute Gasteiger partial charge is 0.295 e. The fourth-order valence-corrected chi connectivity index (χ4v) is 1.60. The second kappa shape index (κ2) is 3.92. The molecule has 1 aromatic rings. The van der Waals surface area contributed by atoms with E-state index >= 15 is 0 Å². The number of carbonyl (C=O) groups is 1. The first-order valence-electron chi connectivity index (χ1n) is 4.57. The summed E-state index contributed by atoms with van der Waals surface area (Å²) in [6, 6.07) is 3.37. The third kappa shape index (κ3) is 1.85. The first-order chi connectivity index (χ1) is 6.77. The number of hydrogen-bond acceptors (Lipinski definition) is 3. The molecule has 1 aromatic heterocycles. The lowest BCUT2D eigenvalue weighted by atomic mass is 10.1. The number of halogens is 1. The molecule has 0 radical (unpaired) electrons. The molecular weight excluding hydrogens is 202 g/mol. The lowest BCUT2D eigenvalue weighted by Gasteiger charge is -2.24. The molecule has 4 nitrogen and oxygen atoms in total. The van der Waals surface area contributed by atoms with Crippen molar-refractivity contribution in [3.8, 4) is 0 Å². The average molecular weight is 212 g/mol. The zero-order valence-electron chi connectivity index (χ0n) is 7.61. The molecule has 0 saturated carbocycles. The van der Waals surface area contributed by atoms with Crippen LogP contribution in [0, 0.1) is 0 Å². The van der Waals surface area contributed by atoms with Gasteiger partial charge in [-0.25, -0.2) is 0 Å². The minimum Gasteiger partial charge on any atom is -0.295 e. The highest BCUT2D eigenvalue weighted by atomic mass is 35.5. The van der Waals surface area contributed by atoms with Gasteiger partial charge in [0.25, 0.3) is 0 Å². The number of piperidine rings is 1. The van der Waals surface area contributed by atoms with E-state index < -0.39 is 0 Å². The molecular formula is C9H10ClN3O. The highest BCUT2D eigenvalue weighted by Crippen LogP contribution is 2.18. The smallest absolute Gasteiger partial charge is 0.228 e. The summed E-state index contributed by atoms with van der Waals surface area (Å²) >= 11 is 5.61. The topological polar surface area (TPSA) is 46.1 Å². The molecule has 0 bridgehead atoms. The van der Waals surface area contributed by atoms with Gasteiger partial charge in [-0.05, 0) is 25.0 Å². The van der Waals surface area contributed by atoms with Gasteiger partial charge in [-0.1, -0.05) is 11.6 Å². The Labute approximate surface area is 86.9 Å². The highest BCUT2D eigenvalue weighted by molar-refractivity contribution is 6.29. The van der Waals surface area contributed by atoms with Gasteiger partial charge in [0.05, 0.1) is 0 Å². The van der Waals surface area contributed by atoms with E-state index in [-0.39, 0.29) is 5.91 Å². The van der Waals surface area contributed by atoms with Crippen LogP contribution in [0.2, 0.25) is 5.15 Å². The quantitative estimate of drug-likeness (QED) is 0.710. The van der Waals surface area contributed by atoms with E-state index in [0.29, 0.717) is 17.4 Å². The number of hydrogen-bond donors (Lipinski definition) is 0. The fourth-order valence-electron chi connectivity index (χ4n) is 1.50. The third-order valence-electron chi connectivity index (χ3n) is 2.22. The molecule has 1 saturated heterocycles. The van der Waals surface area contributed by atoms with Crippen molar-refractivity contribution in [1.29, 1.82) is 0 Å². The number of amides is 1. The van der Waals surface area contributed by atoms with Crippen LogP contribution in [0.4, 0.5) is 5.82 Å². The van der Waals surface area contributed by atoms with Crippen LogP contribution in [0.25, 0.3) is 0 Å². The van der Waals surface area contributed by atoms with Crippen LogP contribution in [-0.4, -0.2) is 22.6 Å². The summed E-state index contributed by atoms with van der Waals surface area (Å²) in [6.07, 6.45) is 2.59. The summed E-state index contributed by atoms with van der Waals surface area (Å²) in [4.78, 5) is 13.2. The van der Waals surface area contributed by atoms with Gasteiger partial charge < -0.3 is 0 Å². The van der Waals surface area contributed by atoms with Gasteiger partial charge in [-0.15, -0.1) is 10.2 Å². The van der Waals surface area contributed by atoms with Crippen molar-refractivity contribution in [2.75, 3.05) is 11.4 Å². The summed E-state index contributed by atoms with van der Waals surface area (Å²) < 4.78 is 0. The van der Waals surface area contributed by atoms with Crippen molar-refractivity contribution >= 4 is 23.3 Å². The summed E-state index contributed by atoms with van der Waals surface area (Å²) in [5, 5.41) is 7.93. The molecule has 1 fully saturated rings. The average Bonchev–Trinajstić information content (AvgIpc) is 2.20. The molecule has 5 heteroatoms. The number of carbonyl (C=O) groups excluding carboxylic acids is 1. The summed E-state index contributed by atoms with van der Waals surface area (Å²) in [7, 11) is 0. The molecule has 0 aliphatic carbocycles. The zero-order chi connectivity index (χ0) is 9.97. The van der Waals surface area contributed by atoms with E-state index in [1.807, 2.05) is 0 Å². The summed E-state index contributed by atoms with van der Waals surface area (Å²) in [5.41, 5.74) is 0. The Morgan fingerprint density at radius 3 is 2.79 bits per heavy atom. The van der Waals surface area contributed by atoms with Gasteiger partial charge in [-0.3, -0.25) is 9.69 Å². The Morgan fingerprint density at radius 1 is 1.29 bits per heavy atom. The lowest BCUT2D eigenvalue weighted by Crippen LogP contribution is -2.35. The normalized spacial score (nSPS) is 17.2. The van der Waals surface area contributed by atoms with Gasteiger partial charge in [0.1, 0.15) is 0 Å². The minimum atomic E-state index is 0.118. The molecule has 1 aliphatic rings. The number of nitrogens with zero attached hydrogens (tertiary/aromatic N) is 3. The van der Waals surface area contributed by atoms with Crippen LogP contribution in [0.5, 0.6) is 0 Å². The lowest BCUT2D eigenvalue weighted by molar-refractivity contribution is -0.119. The molecule has 1 amide bonds. The maximum atomic E-state index is 11.5. The van der Waals surface area contributed by atoms with E-state index in [1.165, 1.54) is 0 Å². The number of rotatable bonds is 1. The highest BCUT2D eigenvalue weighted by Gasteiger charge is 2.20. The predicted octanol–water partition coefficient (Wildman–Crippen LogP) is 1.65. The minimum absolute atomic E-state index is 0.118. The van der Waals surface area contributed by atoms with Crippen LogP contribution in [0.15, 0.2) is 12.1 Å². The van der Waals surface area contributed by atoms with Crippen molar-refractivity contribution in [3.63, 3.8) is 0 Å². The second-order valence-electron chi connectivity index (χ2n) is 3.22. The van der Waals surface area contributed by atoms with E-state index in [1.54, 1.807) is 17.0 Å². The second-order valence-corrected chi connectivity index (χ2v) is 3.60. The van der Waals surface area contributed by atoms with Gasteiger partial charge in [0, 0.05) is 13.0 Å². The number of aromatic nitrogens is 2. The van der Waals surface area contributed by atoms with Crippen LogP contribution < -0.4 is 4.90 Å². The van der Waals surface area contributed by atoms with Gasteiger partial charge >= 0.3 is 0 Å². The van der Waals surface area contributed by atoms with E-state index in [9.17, 15) is 4.79 Å². The Hall–Kier alpha value is -1.16. The summed E-state index contributed by atoms with van der Waals surface area (Å²) in [5.74, 6) is 0.715. The maximum absolute atomic E-state index is 11.5. The molecule has 74 valence electrons. The van der Waals surface area contributed by atoms with Crippen molar-refractivity contribution < 1.29 is 4.79 Å².